The van der Waals surface area contributed by atoms with Gasteiger partial charge in [0.05, 0.1) is 0 Å². The molecule has 3 heteroatoms. The van der Waals surface area contributed by atoms with E-state index in [2.05, 4.69) is 0 Å². The van der Waals surface area contributed by atoms with Gasteiger partial charge in [-0.2, -0.15) is 0 Å². The van der Waals surface area contributed by atoms with Crippen molar-refractivity contribution in [2.24, 2.45) is 0 Å². The summed E-state index contributed by atoms with van der Waals surface area (Å²) < 4.78 is 0. The first-order valence-electron chi connectivity index (χ1n) is 3.21. The van der Waals surface area contributed by atoms with Crippen LogP contribution in [0.2, 0.25) is 0 Å². The molecule has 0 saturated carbocycles. The van der Waals surface area contributed by atoms with Gasteiger partial charge in [0, 0.05) is 5.69 Å². The lowest BCUT2D eigenvalue weighted by atomic mass is 10.3. The fourth-order valence-corrected chi connectivity index (χ4v) is 0.972. The average molecular weight is 170 g/mol. The van der Waals surface area contributed by atoms with E-state index in [1.54, 1.807) is 0 Å². The quantitative estimate of drug-likeness (QED) is 0.384. The largest absolute Gasteiger partial charge is 0.301 e. The van der Waals surface area contributed by atoms with Crippen LogP contribution < -0.4 is 4.90 Å². The first kappa shape index (κ1) is 8.08. The Kier molecular flexibility index (Phi) is 2.93. The molecule has 1 aromatic rings. The van der Waals surface area contributed by atoms with Crippen LogP contribution in [0.1, 0.15) is 0 Å². The first-order chi connectivity index (χ1) is 5.38. The van der Waals surface area contributed by atoms with Crippen LogP contribution in [0.25, 0.3) is 0 Å². The van der Waals surface area contributed by atoms with Crippen LogP contribution in [0.3, 0.4) is 0 Å². The maximum atomic E-state index is 10.4. The van der Waals surface area contributed by atoms with Gasteiger partial charge in [0.15, 0.2) is 0 Å². The molecule has 0 aliphatic carbocycles. The van der Waals surface area contributed by atoms with Crippen LogP contribution >= 0.6 is 11.6 Å². The molecular formula is C8H8ClNO. The molecular weight excluding hydrogens is 162 g/mol. The molecule has 0 aliphatic heterocycles. The number of nitrogens with zero attached hydrogens (tertiary/aromatic N) is 1. The summed E-state index contributed by atoms with van der Waals surface area (Å²) in [5.74, 6) is 0. The summed E-state index contributed by atoms with van der Waals surface area (Å²) in [6, 6.07) is 9.46. The van der Waals surface area contributed by atoms with Crippen molar-refractivity contribution in [1.29, 1.82) is 0 Å². The number of hydrogen-bond donors (Lipinski definition) is 0. The van der Waals surface area contributed by atoms with E-state index in [4.69, 9.17) is 11.6 Å². The smallest absolute Gasteiger partial charge is 0.215 e. The summed E-state index contributed by atoms with van der Waals surface area (Å²) in [6.45, 7) is 0. The van der Waals surface area contributed by atoms with Crippen LogP contribution in [-0.2, 0) is 4.79 Å². The Hall–Kier alpha value is -1.02. The maximum absolute atomic E-state index is 10.4. The fraction of sp³-hybridized carbons (Fsp3) is 0.125. The van der Waals surface area contributed by atoms with Gasteiger partial charge in [-0.15, -0.1) is 11.6 Å². The summed E-state index contributed by atoms with van der Waals surface area (Å²) in [5.41, 5.74) is 0.817. The highest BCUT2D eigenvalue weighted by atomic mass is 35.5. The number of para-hydroxylation sites is 1. The van der Waals surface area contributed by atoms with Crippen LogP contribution in [0.15, 0.2) is 30.3 Å². The minimum atomic E-state index is 0.188. The third-order valence-corrected chi connectivity index (χ3v) is 1.60. The predicted molar refractivity (Wildman–Crippen MR) is 45.7 cm³/mol. The Morgan fingerprint density at radius 2 is 2.00 bits per heavy atom. The lowest BCUT2D eigenvalue weighted by molar-refractivity contribution is -0.107. The van der Waals surface area contributed by atoms with Gasteiger partial charge in [-0.1, -0.05) is 18.2 Å². The third kappa shape index (κ3) is 1.95. The van der Waals surface area contributed by atoms with E-state index in [1.165, 1.54) is 4.90 Å². The van der Waals surface area contributed by atoms with E-state index in [-0.39, 0.29) is 6.00 Å². The van der Waals surface area contributed by atoms with E-state index < -0.39 is 0 Å². The van der Waals surface area contributed by atoms with Gasteiger partial charge in [-0.3, -0.25) is 4.79 Å². The molecule has 0 fully saturated rings. The summed E-state index contributed by atoms with van der Waals surface area (Å²) >= 11 is 5.50. The number of amides is 1. The van der Waals surface area contributed by atoms with Crippen LogP contribution in [0.4, 0.5) is 5.69 Å². The van der Waals surface area contributed by atoms with Crippen molar-refractivity contribution in [3.63, 3.8) is 0 Å². The van der Waals surface area contributed by atoms with Crippen molar-refractivity contribution in [2.45, 2.75) is 0 Å². The monoisotopic (exact) mass is 169 g/mol. The molecule has 0 unspecified atom stereocenters. The van der Waals surface area contributed by atoms with Crippen molar-refractivity contribution in [2.75, 3.05) is 10.9 Å². The maximum Gasteiger partial charge on any atom is 0.215 e. The second-order valence-corrected chi connectivity index (χ2v) is 2.27. The second-order valence-electron chi connectivity index (χ2n) is 2.03. The molecule has 1 rings (SSSR count). The molecule has 0 atom stereocenters. The molecule has 0 spiro atoms. The van der Waals surface area contributed by atoms with E-state index >= 15 is 0 Å². The molecule has 11 heavy (non-hydrogen) atoms. The topological polar surface area (TPSA) is 20.3 Å². The fourth-order valence-electron chi connectivity index (χ4n) is 0.778. The molecule has 0 radical (unpaired) electrons. The minimum Gasteiger partial charge on any atom is -0.301 e. The van der Waals surface area contributed by atoms with Gasteiger partial charge in [0.2, 0.25) is 6.41 Å². The lowest BCUT2D eigenvalue weighted by Crippen LogP contribution is -2.18. The highest BCUT2D eigenvalue weighted by molar-refractivity contribution is 6.20. The molecule has 58 valence electrons. The summed E-state index contributed by atoms with van der Waals surface area (Å²) in [4.78, 5) is 11.8. The predicted octanol–water partition coefficient (Wildman–Crippen LogP) is 1.85. The Morgan fingerprint density at radius 3 is 2.45 bits per heavy atom. The zero-order valence-corrected chi connectivity index (χ0v) is 6.66. The van der Waals surface area contributed by atoms with Crippen molar-refractivity contribution >= 4 is 23.7 Å². The van der Waals surface area contributed by atoms with Crippen molar-refractivity contribution in [3.8, 4) is 0 Å². The Balaban J connectivity index is 2.82. The van der Waals surface area contributed by atoms with E-state index in [0.717, 1.165) is 5.69 Å². The average Bonchev–Trinajstić information content (AvgIpc) is 2.09. The Labute approximate surface area is 70.4 Å². The van der Waals surface area contributed by atoms with Gasteiger partial charge >= 0.3 is 0 Å². The van der Waals surface area contributed by atoms with Crippen molar-refractivity contribution < 1.29 is 4.79 Å². The highest BCUT2D eigenvalue weighted by Gasteiger charge is 1.99. The van der Waals surface area contributed by atoms with E-state index in [9.17, 15) is 4.79 Å². The first-order valence-corrected chi connectivity index (χ1v) is 3.75. The van der Waals surface area contributed by atoms with E-state index in [1.807, 2.05) is 30.3 Å². The van der Waals surface area contributed by atoms with Gasteiger partial charge in [0.25, 0.3) is 0 Å². The van der Waals surface area contributed by atoms with Crippen LogP contribution in [0.5, 0.6) is 0 Å². The van der Waals surface area contributed by atoms with Crippen LogP contribution in [-0.4, -0.2) is 12.4 Å². The van der Waals surface area contributed by atoms with Gasteiger partial charge in [-0.05, 0) is 12.1 Å². The number of carbonyl (C=O) groups is 1. The van der Waals surface area contributed by atoms with Gasteiger partial charge in [-0.25, -0.2) is 0 Å². The van der Waals surface area contributed by atoms with Gasteiger partial charge < -0.3 is 4.90 Å². The number of carbonyl (C=O) groups excluding carboxylic acids is 1. The zero-order chi connectivity index (χ0) is 8.10. The normalized spacial score (nSPS) is 9.18. The third-order valence-electron chi connectivity index (χ3n) is 1.34. The molecule has 0 bridgehead atoms. The molecule has 1 amide bonds. The van der Waals surface area contributed by atoms with Crippen LogP contribution in [0, 0.1) is 0 Å². The molecule has 0 aromatic heterocycles. The summed E-state index contributed by atoms with van der Waals surface area (Å²) in [6.07, 6.45) is 0.711. The second kappa shape index (κ2) is 3.98. The lowest BCUT2D eigenvalue weighted by Gasteiger charge is -2.12. The minimum absolute atomic E-state index is 0.188. The molecule has 1 aromatic carbocycles. The standard InChI is InChI=1S/C8H8ClNO/c9-6-10(7-11)8-4-2-1-3-5-8/h1-5,7H,6H2. The number of benzene rings is 1. The molecule has 0 saturated heterocycles. The molecule has 0 aliphatic rings. The van der Waals surface area contributed by atoms with E-state index in [0.29, 0.717) is 6.41 Å². The Bertz CT molecular complexity index is 225. The number of halogens is 1. The summed E-state index contributed by atoms with van der Waals surface area (Å²) in [7, 11) is 0. The highest BCUT2D eigenvalue weighted by Crippen LogP contribution is 2.10. The molecule has 0 heterocycles. The SMILES string of the molecule is O=CN(CCl)c1ccccc1. The molecule has 0 N–H and O–H groups in total. The summed E-state index contributed by atoms with van der Waals surface area (Å²) in [5, 5.41) is 0. The Morgan fingerprint density at radius 1 is 1.36 bits per heavy atom. The number of rotatable bonds is 3. The number of anilines is 1. The van der Waals surface area contributed by atoms with Crippen molar-refractivity contribution in [1.82, 2.24) is 0 Å². The number of alkyl halides is 1. The number of hydrogen-bond acceptors (Lipinski definition) is 1. The zero-order valence-electron chi connectivity index (χ0n) is 5.90. The van der Waals surface area contributed by atoms with Crippen molar-refractivity contribution in [3.05, 3.63) is 30.3 Å². The van der Waals surface area contributed by atoms with Gasteiger partial charge in [0.1, 0.15) is 6.00 Å². The molecule has 2 nitrogen and oxygen atoms in total.